The molecule has 27 heavy (non-hydrogen) atoms. The third-order valence-electron chi connectivity index (χ3n) is 3.74. The third-order valence-corrected chi connectivity index (χ3v) is 4.84. The van der Waals surface area contributed by atoms with Gasteiger partial charge in [-0.05, 0) is 38.1 Å². The van der Waals surface area contributed by atoms with Gasteiger partial charge in [-0.15, -0.1) is 11.3 Å². The first kappa shape index (κ1) is 18.3. The van der Waals surface area contributed by atoms with Crippen LogP contribution >= 0.6 is 11.3 Å². The normalized spacial score (nSPS) is 10.4. The van der Waals surface area contributed by atoms with Crippen molar-refractivity contribution in [2.75, 3.05) is 0 Å². The van der Waals surface area contributed by atoms with Gasteiger partial charge < -0.3 is 4.52 Å². The Morgan fingerprint density at radius 1 is 1.07 bits per heavy atom. The van der Waals surface area contributed by atoms with Crippen molar-refractivity contribution in [1.82, 2.24) is 16.0 Å². The second-order valence-corrected chi connectivity index (χ2v) is 6.66. The van der Waals surface area contributed by atoms with Crippen LogP contribution in [0.4, 0.5) is 5.69 Å². The maximum Gasteiger partial charge on any atom is 0.279 e. The maximum atomic E-state index is 12.2. The van der Waals surface area contributed by atoms with Gasteiger partial charge in [0.1, 0.15) is 5.76 Å². The zero-order valence-corrected chi connectivity index (χ0v) is 15.1. The molecule has 2 amide bonds. The molecule has 0 saturated carbocycles. The van der Waals surface area contributed by atoms with Crippen molar-refractivity contribution in [3.05, 3.63) is 68.4 Å². The van der Waals surface area contributed by atoms with Crippen LogP contribution in [0.2, 0.25) is 0 Å². The molecular weight excluding hydrogens is 372 g/mol. The van der Waals surface area contributed by atoms with Gasteiger partial charge in [-0.2, -0.15) is 0 Å². The van der Waals surface area contributed by atoms with E-state index < -0.39 is 16.7 Å². The fourth-order valence-corrected chi connectivity index (χ4v) is 3.46. The number of hydrazine groups is 1. The fraction of sp³-hybridized carbons (Fsp3) is 0.118. The Morgan fingerprint density at radius 2 is 1.74 bits per heavy atom. The lowest BCUT2D eigenvalue weighted by atomic mass is 10.2. The van der Waals surface area contributed by atoms with E-state index in [4.69, 9.17) is 4.52 Å². The third kappa shape index (κ3) is 3.85. The highest BCUT2D eigenvalue weighted by Crippen LogP contribution is 2.32. The Balaban J connectivity index is 1.64. The molecule has 138 valence electrons. The molecule has 0 bridgehead atoms. The van der Waals surface area contributed by atoms with Crippen LogP contribution < -0.4 is 10.9 Å². The van der Waals surface area contributed by atoms with Crippen molar-refractivity contribution in [3.8, 4) is 10.4 Å². The number of nitrogens with zero attached hydrogens (tertiary/aromatic N) is 2. The van der Waals surface area contributed by atoms with Crippen LogP contribution in [0.25, 0.3) is 10.4 Å². The van der Waals surface area contributed by atoms with Crippen molar-refractivity contribution in [3.63, 3.8) is 0 Å². The highest BCUT2D eigenvalue weighted by Gasteiger charge is 2.17. The lowest BCUT2D eigenvalue weighted by Crippen LogP contribution is -2.41. The van der Waals surface area contributed by atoms with Crippen LogP contribution in [-0.2, 0) is 0 Å². The number of hydrogen-bond acceptors (Lipinski definition) is 7. The van der Waals surface area contributed by atoms with Crippen molar-refractivity contribution >= 4 is 28.8 Å². The molecule has 0 fully saturated rings. The molecule has 0 saturated heterocycles. The molecule has 0 spiro atoms. The topological polar surface area (TPSA) is 127 Å². The molecule has 2 aromatic heterocycles. The van der Waals surface area contributed by atoms with E-state index in [1.807, 2.05) is 6.92 Å². The zero-order chi connectivity index (χ0) is 19.6. The molecule has 0 aliphatic rings. The van der Waals surface area contributed by atoms with Gasteiger partial charge in [-0.1, -0.05) is 5.16 Å². The van der Waals surface area contributed by atoms with Crippen LogP contribution in [-0.4, -0.2) is 21.9 Å². The summed E-state index contributed by atoms with van der Waals surface area (Å²) in [6.07, 6.45) is 0. The second-order valence-electron chi connectivity index (χ2n) is 5.58. The Labute approximate surface area is 157 Å². The van der Waals surface area contributed by atoms with E-state index in [-0.39, 0.29) is 11.3 Å². The minimum absolute atomic E-state index is 0.124. The summed E-state index contributed by atoms with van der Waals surface area (Å²) in [5.41, 5.74) is 6.23. The summed E-state index contributed by atoms with van der Waals surface area (Å²) in [7, 11) is 0. The van der Waals surface area contributed by atoms with Crippen LogP contribution in [0.15, 0.2) is 40.9 Å². The molecule has 2 N–H and O–H groups in total. The van der Waals surface area contributed by atoms with Gasteiger partial charge in [0.2, 0.25) is 0 Å². The number of hydrogen-bond donors (Lipinski definition) is 2. The van der Waals surface area contributed by atoms with Crippen LogP contribution in [0.3, 0.4) is 0 Å². The summed E-state index contributed by atoms with van der Waals surface area (Å²) < 4.78 is 5.13. The molecule has 10 heteroatoms. The summed E-state index contributed by atoms with van der Waals surface area (Å²) in [5.74, 6) is -0.401. The second kappa shape index (κ2) is 7.38. The summed E-state index contributed by atoms with van der Waals surface area (Å²) >= 11 is 1.24. The molecule has 3 aromatic rings. The summed E-state index contributed by atoms with van der Waals surface area (Å²) in [4.78, 5) is 35.6. The van der Waals surface area contributed by atoms with Crippen molar-refractivity contribution in [2.45, 2.75) is 13.8 Å². The number of thiophene rings is 1. The van der Waals surface area contributed by atoms with E-state index in [2.05, 4.69) is 16.0 Å². The Bertz CT molecular complexity index is 1000. The highest BCUT2D eigenvalue weighted by atomic mass is 32.1. The average Bonchev–Trinajstić information content (AvgIpc) is 3.26. The minimum Gasteiger partial charge on any atom is -0.361 e. The number of carbonyl (C=O) groups is 2. The van der Waals surface area contributed by atoms with Gasteiger partial charge in [0.05, 0.1) is 21.1 Å². The number of amides is 2. The molecule has 3 rings (SSSR count). The minimum atomic E-state index is -0.583. The molecular formula is C17H14N4O5S. The van der Waals surface area contributed by atoms with Crippen LogP contribution in [0.5, 0.6) is 0 Å². The molecule has 0 aliphatic carbocycles. The molecule has 0 atom stereocenters. The molecule has 9 nitrogen and oxygen atoms in total. The number of aryl methyl sites for hydroxylation is 2. The lowest BCUT2D eigenvalue weighted by molar-refractivity contribution is -0.384. The number of nitro benzene ring substituents is 1. The Hall–Kier alpha value is -3.53. The smallest absolute Gasteiger partial charge is 0.279 e. The largest absolute Gasteiger partial charge is 0.361 e. The first-order valence-corrected chi connectivity index (χ1v) is 8.56. The zero-order valence-electron chi connectivity index (χ0n) is 14.3. The number of benzene rings is 1. The fourth-order valence-electron chi connectivity index (χ4n) is 2.41. The quantitative estimate of drug-likeness (QED) is 0.524. The number of aromatic nitrogens is 1. The predicted molar refractivity (Wildman–Crippen MR) is 97.3 cm³/mol. The van der Waals surface area contributed by atoms with Gasteiger partial charge >= 0.3 is 0 Å². The number of nitrogens with one attached hydrogen (secondary N) is 2. The first-order chi connectivity index (χ1) is 12.9. The van der Waals surface area contributed by atoms with E-state index in [0.717, 1.165) is 16.1 Å². The van der Waals surface area contributed by atoms with Crippen molar-refractivity contribution < 1.29 is 19.0 Å². The van der Waals surface area contributed by atoms with Gasteiger partial charge in [-0.25, -0.2) is 0 Å². The van der Waals surface area contributed by atoms with Gasteiger partial charge in [0, 0.05) is 22.6 Å². The molecule has 0 unspecified atom stereocenters. The number of rotatable bonds is 4. The summed E-state index contributed by atoms with van der Waals surface area (Å²) in [6, 6.07) is 8.46. The van der Waals surface area contributed by atoms with Crippen molar-refractivity contribution in [1.29, 1.82) is 0 Å². The van der Waals surface area contributed by atoms with Gasteiger partial charge in [0.15, 0.2) is 0 Å². The van der Waals surface area contributed by atoms with E-state index in [0.29, 0.717) is 10.6 Å². The average molecular weight is 386 g/mol. The van der Waals surface area contributed by atoms with Gasteiger partial charge in [-0.3, -0.25) is 30.6 Å². The Kier molecular flexibility index (Phi) is 4.99. The van der Waals surface area contributed by atoms with Crippen molar-refractivity contribution in [2.24, 2.45) is 0 Å². The highest BCUT2D eigenvalue weighted by molar-refractivity contribution is 7.17. The molecule has 0 aliphatic heterocycles. The molecule has 0 radical (unpaired) electrons. The standard InChI is InChI=1S/C17H14N4O5S/c1-9-15(10(2)26-20-9)13-7-8-14(27-13)17(23)19-18-16(22)11-3-5-12(6-4-11)21(24)25/h3-8H,1-2H3,(H,18,22)(H,19,23). The Morgan fingerprint density at radius 3 is 2.33 bits per heavy atom. The van der Waals surface area contributed by atoms with E-state index in [9.17, 15) is 19.7 Å². The first-order valence-electron chi connectivity index (χ1n) is 7.75. The molecule has 1 aromatic carbocycles. The monoisotopic (exact) mass is 386 g/mol. The SMILES string of the molecule is Cc1noc(C)c1-c1ccc(C(=O)NNC(=O)c2ccc([N+](=O)[O-])cc2)s1. The predicted octanol–water partition coefficient (Wildman–Crippen LogP) is 3.00. The van der Waals surface area contributed by atoms with E-state index in [1.165, 1.54) is 35.6 Å². The summed E-state index contributed by atoms with van der Waals surface area (Å²) in [5, 5.41) is 14.5. The van der Waals surface area contributed by atoms with E-state index in [1.54, 1.807) is 19.1 Å². The number of carbonyl (C=O) groups excluding carboxylic acids is 2. The number of non-ortho nitro benzene ring substituents is 1. The summed E-state index contributed by atoms with van der Waals surface area (Å²) in [6.45, 7) is 3.61. The number of nitro groups is 1. The molecule has 2 heterocycles. The van der Waals surface area contributed by atoms with Crippen LogP contribution in [0.1, 0.15) is 31.5 Å². The maximum absolute atomic E-state index is 12.2. The van der Waals surface area contributed by atoms with Crippen LogP contribution in [0, 0.1) is 24.0 Å². The lowest BCUT2D eigenvalue weighted by Gasteiger charge is -2.06. The van der Waals surface area contributed by atoms with E-state index >= 15 is 0 Å². The van der Waals surface area contributed by atoms with Gasteiger partial charge in [0.25, 0.3) is 17.5 Å².